The topological polar surface area (TPSA) is 68.0 Å². The first kappa shape index (κ1) is 14.3. The molecule has 0 aliphatic rings. The summed E-state index contributed by atoms with van der Waals surface area (Å²) in [5.41, 5.74) is 7.75. The molecule has 0 aliphatic heterocycles. The molecule has 1 heterocycles. The molecule has 0 saturated carbocycles. The van der Waals surface area contributed by atoms with Crippen LogP contribution in [0, 0.1) is 18.8 Å². The van der Waals surface area contributed by atoms with E-state index in [9.17, 15) is 4.79 Å². The van der Waals surface area contributed by atoms with Crippen LogP contribution in [0.1, 0.15) is 26.5 Å². The van der Waals surface area contributed by atoms with Gasteiger partial charge in [-0.2, -0.15) is 0 Å². The zero-order valence-corrected chi connectivity index (χ0v) is 12.0. The molecule has 102 valence electrons. The van der Waals surface area contributed by atoms with Crippen molar-refractivity contribution in [3.63, 3.8) is 0 Å². The van der Waals surface area contributed by atoms with Crippen molar-refractivity contribution in [3.8, 4) is 11.8 Å². The van der Waals surface area contributed by atoms with E-state index in [-0.39, 0.29) is 5.91 Å². The number of rotatable bonds is 3. The predicted molar refractivity (Wildman–Crippen MR) is 80.4 cm³/mol. The lowest BCUT2D eigenvalue weighted by atomic mass is 10.1. The zero-order valence-electron chi connectivity index (χ0n) is 11.1. The van der Waals surface area contributed by atoms with Gasteiger partial charge in [0.2, 0.25) is 0 Å². The largest absolute Gasteiger partial charge is 0.346 e. The molecule has 3 N–H and O–H groups in total. The third kappa shape index (κ3) is 3.92. The van der Waals surface area contributed by atoms with Crippen molar-refractivity contribution in [1.29, 1.82) is 0 Å². The smallest absolute Gasteiger partial charge is 0.251 e. The molecule has 1 amide bonds. The van der Waals surface area contributed by atoms with E-state index in [2.05, 4.69) is 22.1 Å². The van der Waals surface area contributed by atoms with Gasteiger partial charge in [0.1, 0.15) is 5.01 Å². The molecular weight excluding hydrogens is 270 g/mol. The maximum absolute atomic E-state index is 12.1. The van der Waals surface area contributed by atoms with Crippen molar-refractivity contribution in [1.82, 2.24) is 10.3 Å². The molecule has 0 spiro atoms. The summed E-state index contributed by atoms with van der Waals surface area (Å²) in [7, 11) is 0. The lowest BCUT2D eigenvalue weighted by molar-refractivity contribution is 0.0950. The third-order valence-corrected chi connectivity index (χ3v) is 3.34. The van der Waals surface area contributed by atoms with Crippen LogP contribution in [-0.2, 0) is 6.54 Å². The summed E-state index contributed by atoms with van der Waals surface area (Å²) in [5.74, 6) is 5.61. The number of hydrogen-bond donors (Lipinski definition) is 2. The predicted octanol–water partition coefficient (Wildman–Crippen LogP) is 1.69. The number of nitrogens with two attached hydrogens (primary N) is 1. The van der Waals surface area contributed by atoms with E-state index in [1.165, 1.54) is 11.3 Å². The lowest BCUT2D eigenvalue weighted by Crippen LogP contribution is -2.22. The molecule has 0 aliphatic carbocycles. The highest BCUT2D eigenvalue weighted by Gasteiger charge is 2.07. The lowest BCUT2D eigenvalue weighted by Gasteiger charge is -2.05. The molecule has 0 bridgehead atoms. The SMILES string of the molecule is Cc1cc(C#CCN)cc(C(=O)NCc2nccs2)c1. The standard InChI is InChI=1S/C15H15N3OS/c1-11-7-12(3-2-4-16)9-13(8-11)15(19)18-10-14-17-5-6-20-14/h5-9H,4,10,16H2,1H3,(H,18,19). The number of amides is 1. The summed E-state index contributed by atoms with van der Waals surface area (Å²) < 4.78 is 0. The first-order chi connectivity index (χ1) is 9.69. The number of carbonyl (C=O) groups is 1. The number of benzene rings is 1. The molecule has 0 unspecified atom stereocenters. The van der Waals surface area contributed by atoms with Crippen LogP contribution in [0.4, 0.5) is 0 Å². The van der Waals surface area contributed by atoms with Crippen molar-refractivity contribution >= 4 is 17.2 Å². The number of nitrogens with one attached hydrogen (secondary N) is 1. The molecule has 4 nitrogen and oxygen atoms in total. The van der Waals surface area contributed by atoms with Crippen LogP contribution in [0.25, 0.3) is 0 Å². The van der Waals surface area contributed by atoms with Gasteiger partial charge in [-0.15, -0.1) is 11.3 Å². The summed E-state index contributed by atoms with van der Waals surface area (Å²) in [6.07, 6.45) is 1.72. The van der Waals surface area contributed by atoms with E-state index in [1.807, 2.05) is 24.4 Å². The highest BCUT2D eigenvalue weighted by Crippen LogP contribution is 2.10. The first-order valence-corrected chi connectivity index (χ1v) is 7.04. The molecule has 0 atom stereocenters. The second-order valence-electron chi connectivity index (χ2n) is 4.20. The van der Waals surface area contributed by atoms with Gasteiger partial charge in [0.25, 0.3) is 5.91 Å². The maximum Gasteiger partial charge on any atom is 0.251 e. The van der Waals surface area contributed by atoms with E-state index in [4.69, 9.17) is 5.73 Å². The molecule has 0 radical (unpaired) electrons. The number of hydrogen-bond acceptors (Lipinski definition) is 4. The van der Waals surface area contributed by atoms with Gasteiger partial charge in [0, 0.05) is 22.7 Å². The van der Waals surface area contributed by atoms with E-state index in [0.717, 1.165) is 16.1 Å². The fraction of sp³-hybridized carbons (Fsp3) is 0.200. The van der Waals surface area contributed by atoms with Crippen LogP contribution >= 0.6 is 11.3 Å². The molecule has 0 fully saturated rings. The van der Waals surface area contributed by atoms with Crippen molar-refractivity contribution in [3.05, 3.63) is 51.5 Å². The van der Waals surface area contributed by atoms with E-state index in [0.29, 0.717) is 18.7 Å². The monoisotopic (exact) mass is 285 g/mol. The van der Waals surface area contributed by atoms with Gasteiger partial charge in [0.05, 0.1) is 13.1 Å². The summed E-state index contributed by atoms with van der Waals surface area (Å²) in [6.45, 7) is 2.68. The van der Waals surface area contributed by atoms with Gasteiger partial charge >= 0.3 is 0 Å². The Kier molecular flexibility index (Phi) is 4.88. The molecule has 1 aromatic carbocycles. The molecule has 1 aromatic heterocycles. The first-order valence-electron chi connectivity index (χ1n) is 6.16. The molecular formula is C15H15N3OS. The van der Waals surface area contributed by atoms with E-state index in [1.54, 1.807) is 12.3 Å². The minimum absolute atomic E-state index is 0.125. The second kappa shape index (κ2) is 6.85. The van der Waals surface area contributed by atoms with Gasteiger partial charge in [-0.1, -0.05) is 11.8 Å². The van der Waals surface area contributed by atoms with Crippen molar-refractivity contribution in [2.45, 2.75) is 13.5 Å². The van der Waals surface area contributed by atoms with E-state index < -0.39 is 0 Å². The Morgan fingerprint density at radius 1 is 1.45 bits per heavy atom. The van der Waals surface area contributed by atoms with E-state index >= 15 is 0 Å². The van der Waals surface area contributed by atoms with Gasteiger partial charge in [-0.25, -0.2) is 4.98 Å². The summed E-state index contributed by atoms with van der Waals surface area (Å²) in [6, 6.07) is 5.54. The van der Waals surface area contributed by atoms with Gasteiger partial charge in [-0.05, 0) is 30.7 Å². The van der Waals surface area contributed by atoms with Crippen molar-refractivity contribution < 1.29 is 4.79 Å². The highest BCUT2D eigenvalue weighted by molar-refractivity contribution is 7.09. The average Bonchev–Trinajstić information content (AvgIpc) is 2.95. The average molecular weight is 285 g/mol. The van der Waals surface area contributed by atoms with Crippen molar-refractivity contribution in [2.75, 3.05) is 6.54 Å². The summed E-state index contributed by atoms with van der Waals surface area (Å²) >= 11 is 1.52. The number of aromatic nitrogens is 1. The minimum atomic E-state index is -0.125. The van der Waals surface area contributed by atoms with Crippen LogP contribution in [0.15, 0.2) is 29.8 Å². The van der Waals surface area contributed by atoms with Crippen LogP contribution in [0.5, 0.6) is 0 Å². The fourth-order valence-corrected chi connectivity index (χ4v) is 2.29. The number of carbonyl (C=O) groups excluding carboxylic acids is 1. The van der Waals surface area contributed by atoms with Crippen molar-refractivity contribution in [2.24, 2.45) is 5.73 Å². The highest BCUT2D eigenvalue weighted by atomic mass is 32.1. The summed E-state index contributed by atoms with van der Waals surface area (Å²) in [5, 5.41) is 5.62. The quantitative estimate of drug-likeness (QED) is 0.843. The number of nitrogens with zero attached hydrogens (tertiary/aromatic N) is 1. The summed E-state index contributed by atoms with van der Waals surface area (Å²) in [4.78, 5) is 16.2. The zero-order chi connectivity index (χ0) is 14.4. The normalized spacial score (nSPS) is 9.70. The Bertz CT molecular complexity index is 653. The maximum atomic E-state index is 12.1. The minimum Gasteiger partial charge on any atom is -0.346 e. The number of thiazole rings is 1. The van der Waals surface area contributed by atoms with Gasteiger partial charge in [0.15, 0.2) is 0 Å². The second-order valence-corrected chi connectivity index (χ2v) is 5.18. The molecule has 5 heteroatoms. The van der Waals surface area contributed by atoms with Crippen LogP contribution in [0.2, 0.25) is 0 Å². The number of aryl methyl sites for hydroxylation is 1. The van der Waals surface area contributed by atoms with Crippen LogP contribution in [0.3, 0.4) is 0 Å². The third-order valence-electron chi connectivity index (χ3n) is 2.56. The van der Waals surface area contributed by atoms with Gasteiger partial charge in [-0.3, -0.25) is 4.79 Å². The molecule has 0 saturated heterocycles. The Balaban J connectivity index is 2.10. The Hall–Kier alpha value is -2.16. The van der Waals surface area contributed by atoms with Crippen LogP contribution < -0.4 is 11.1 Å². The van der Waals surface area contributed by atoms with Gasteiger partial charge < -0.3 is 11.1 Å². The van der Waals surface area contributed by atoms with Crippen LogP contribution in [-0.4, -0.2) is 17.4 Å². The Morgan fingerprint density at radius 2 is 2.30 bits per heavy atom. The molecule has 2 rings (SSSR count). The molecule has 20 heavy (non-hydrogen) atoms. The Morgan fingerprint density at radius 3 is 3.00 bits per heavy atom. The fourth-order valence-electron chi connectivity index (χ4n) is 1.74. The Labute approximate surface area is 122 Å². The molecule has 2 aromatic rings.